The predicted octanol–water partition coefficient (Wildman–Crippen LogP) is 1.09. The summed E-state index contributed by atoms with van der Waals surface area (Å²) in [7, 11) is 3.68. The zero-order valence-electron chi connectivity index (χ0n) is 10.3. The molecule has 0 radical (unpaired) electrons. The number of carbonyl (C=O) groups is 1. The Kier molecular flexibility index (Phi) is 3.22. The van der Waals surface area contributed by atoms with Crippen LogP contribution in [0.15, 0.2) is 23.1 Å². The molecule has 0 aliphatic carbocycles. The largest absolute Gasteiger partial charge is 0.361 e. The van der Waals surface area contributed by atoms with Crippen LogP contribution in [0.5, 0.6) is 0 Å². The van der Waals surface area contributed by atoms with Gasteiger partial charge in [-0.05, 0) is 6.92 Å². The highest BCUT2D eigenvalue weighted by Gasteiger charge is 2.13. The van der Waals surface area contributed by atoms with E-state index >= 15 is 0 Å². The van der Waals surface area contributed by atoms with Gasteiger partial charge in [-0.1, -0.05) is 5.16 Å². The average Bonchev–Trinajstić information content (AvgIpc) is 2.76. The summed E-state index contributed by atoms with van der Waals surface area (Å²) < 4.78 is 4.83. The molecule has 7 heteroatoms. The predicted molar refractivity (Wildman–Crippen MR) is 65.6 cm³/mol. The van der Waals surface area contributed by atoms with E-state index in [2.05, 4.69) is 20.4 Å². The normalized spacial score (nSPS) is 10.2. The van der Waals surface area contributed by atoms with Gasteiger partial charge in [0, 0.05) is 14.1 Å². The fraction of sp³-hybridized carbons (Fsp3) is 0.273. The van der Waals surface area contributed by atoms with Crippen molar-refractivity contribution >= 4 is 17.5 Å². The lowest BCUT2D eigenvalue weighted by Gasteiger charge is -2.09. The number of anilines is 2. The summed E-state index contributed by atoms with van der Waals surface area (Å²) in [6, 6.07) is 0. The molecule has 7 nitrogen and oxygen atoms in total. The minimum atomic E-state index is -0.296. The number of hydrogen-bond acceptors (Lipinski definition) is 6. The molecule has 18 heavy (non-hydrogen) atoms. The topological polar surface area (TPSA) is 84.2 Å². The summed E-state index contributed by atoms with van der Waals surface area (Å²) in [6.45, 7) is 1.67. The summed E-state index contributed by atoms with van der Waals surface area (Å²) in [5, 5.41) is 6.22. The fourth-order valence-corrected chi connectivity index (χ4v) is 1.33. The summed E-state index contributed by atoms with van der Waals surface area (Å²) in [6.07, 6.45) is 4.46. The molecule has 2 heterocycles. The first kappa shape index (κ1) is 12.0. The second-order valence-corrected chi connectivity index (χ2v) is 3.92. The Morgan fingerprint density at radius 3 is 2.44 bits per heavy atom. The molecule has 0 aliphatic heterocycles. The summed E-state index contributed by atoms with van der Waals surface area (Å²) >= 11 is 0. The smallest absolute Gasteiger partial charge is 0.260 e. The van der Waals surface area contributed by atoms with E-state index in [1.807, 2.05) is 14.1 Å². The van der Waals surface area contributed by atoms with Crippen LogP contribution in [0.4, 0.5) is 11.6 Å². The first-order valence-electron chi connectivity index (χ1n) is 5.30. The minimum absolute atomic E-state index is 0.296. The van der Waals surface area contributed by atoms with Crippen molar-refractivity contribution in [1.82, 2.24) is 15.1 Å². The van der Waals surface area contributed by atoms with Crippen LogP contribution < -0.4 is 10.2 Å². The number of aromatic nitrogens is 3. The maximum Gasteiger partial charge on any atom is 0.260 e. The average molecular weight is 247 g/mol. The number of amides is 1. The molecule has 0 aliphatic rings. The van der Waals surface area contributed by atoms with E-state index in [9.17, 15) is 4.79 Å². The van der Waals surface area contributed by atoms with Crippen LogP contribution in [-0.2, 0) is 0 Å². The van der Waals surface area contributed by atoms with Crippen molar-refractivity contribution in [2.24, 2.45) is 0 Å². The van der Waals surface area contributed by atoms with Gasteiger partial charge in [0.15, 0.2) is 0 Å². The number of rotatable bonds is 3. The quantitative estimate of drug-likeness (QED) is 0.874. The third-order valence-corrected chi connectivity index (χ3v) is 2.29. The molecule has 0 saturated carbocycles. The second kappa shape index (κ2) is 4.82. The molecular formula is C11H13N5O2. The van der Waals surface area contributed by atoms with Gasteiger partial charge in [-0.15, -0.1) is 0 Å². The van der Waals surface area contributed by atoms with Crippen LogP contribution in [-0.4, -0.2) is 35.1 Å². The van der Waals surface area contributed by atoms with Crippen molar-refractivity contribution in [3.8, 4) is 0 Å². The van der Waals surface area contributed by atoms with Crippen LogP contribution in [0.2, 0.25) is 0 Å². The lowest BCUT2D eigenvalue weighted by Crippen LogP contribution is -2.15. The van der Waals surface area contributed by atoms with Crippen molar-refractivity contribution in [3.05, 3.63) is 29.9 Å². The first-order chi connectivity index (χ1) is 8.58. The minimum Gasteiger partial charge on any atom is -0.361 e. The van der Waals surface area contributed by atoms with Gasteiger partial charge in [-0.3, -0.25) is 4.79 Å². The van der Waals surface area contributed by atoms with Crippen LogP contribution in [0.25, 0.3) is 0 Å². The van der Waals surface area contributed by atoms with Gasteiger partial charge < -0.3 is 14.7 Å². The maximum atomic E-state index is 11.8. The van der Waals surface area contributed by atoms with Gasteiger partial charge in [-0.2, -0.15) is 0 Å². The van der Waals surface area contributed by atoms with Crippen LogP contribution in [0.1, 0.15) is 16.1 Å². The highest BCUT2D eigenvalue weighted by molar-refractivity contribution is 6.04. The van der Waals surface area contributed by atoms with Gasteiger partial charge in [0.2, 0.25) is 5.95 Å². The molecule has 1 amide bonds. The van der Waals surface area contributed by atoms with Gasteiger partial charge in [0.25, 0.3) is 5.91 Å². The molecule has 0 fully saturated rings. The third kappa shape index (κ3) is 2.45. The first-order valence-corrected chi connectivity index (χ1v) is 5.30. The van der Waals surface area contributed by atoms with Gasteiger partial charge >= 0.3 is 0 Å². The van der Waals surface area contributed by atoms with Crippen molar-refractivity contribution in [2.45, 2.75) is 6.92 Å². The number of nitrogens with one attached hydrogen (secondary N) is 1. The second-order valence-electron chi connectivity index (χ2n) is 3.92. The molecule has 2 aromatic rings. The number of aryl methyl sites for hydroxylation is 1. The Labute approximate surface area is 104 Å². The van der Waals surface area contributed by atoms with Gasteiger partial charge in [-0.25, -0.2) is 9.97 Å². The zero-order chi connectivity index (χ0) is 13.1. The molecule has 0 bridgehead atoms. The van der Waals surface area contributed by atoms with Crippen molar-refractivity contribution in [3.63, 3.8) is 0 Å². The summed E-state index contributed by atoms with van der Waals surface area (Å²) in [5.41, 5.74) is 0.915. The Balaban J connectivity index is 2.10. The van der Waals surface area contributed by atoms with Crippen LogP contribution in [0, 0.1) is 6.92 Å². The summed E-state index contributed by atoms with van der Waals surface area (Å²) in [5.74, 6) is 0.752. The van der Waals surface area contributed by atoms with E-state index in [0.29, 0.717) is 23.0 Å². The van der Waals surface area contributed by atoms with E-state index in [-0.39, 0.29) is 5.91 Å². The number of hydrogen-bond donors (Lipinski definition) is 1. The van der Waals surface area contributed by atoms with Gasteiger partial charge in [0.1, 0.15) is 11.3 Å². The molecule has 0 spiro atoms. The molecule has 0 saturated heterocycles. The molecule has 1 N–H and O–H groups in total. The Morgan fingerprint density at radius 1 is 1.28 bits per heavy atom. The summed E-state index contributed by atoms with van der Waals surface area (Å²) in [4.78, 5) is 21.8. The lowest BCUT2D eigenvalue weighted by molar-refractivity contribution is 0.102. The molecule has 94 valence electrons. The molecule has 2 aromatic heterocycles. The maximum absolute atomic E-state index is 11.8. The Bertz CT molecular complexity index is 547. The van der Waals surface area contributed by atoms with Crippen LogP contribution in [0.3, 0.4) is 0 Å². The monoisotopic (exact) mass is 247 g/mol. The standard InChI is InChI=1S/C11H13N5O2/c1-7-9(6-14-18-7)10(17)15-8-4-12-11(13-5-8)16(2)3/h4-6H,1-3H3,(H,15,17). The fourth-order valence-electron chi connectivity index (χ4n) is 1.33. The van der Waals surface area contributed by atoms with E-state index in [1.165, 1.54) is 6.20 Å². The van der Waals surface area contributed by atoms with E-state index in [1.54, 1.807) is 24.2 Å². The molecule has 0 aromatic carbocycles. The molecule has 2 rings (SSSR count). The molecule has 0 atom stereocenters. The van der Waals surface area contributed by atoms with Gasteiger partial charge in [0.05, 0.1) is 24.3 Å². The number of nitrogens with zero attached hydrogens (tertiary/aromatic N) is 4. The molecular weight excluding hydrogens is 234 g/mol. The lowest BCUT2D eigenvalue weighted by atomic mass is 10.2. The Hall–Kier alpha value is -2.44. The van der Waals surface area contributed by atoms with E-state index in [4.69, 9.17) is 4.52 Å². The highest BCUT2D eigenvalue weighted by Crippen LogP contribution is 2.11. The van der Waals surface area contributed by atoms with Crippen molar-refractivity contribution < 1.29 is 9.32 Å². The number of carbonyl (C=O) groups excluding carboxylic acids is 1. The zero-order valence-corrected chi connectivity index (χ0v) is 10.3. The van der Waals surface area contributed by atoms with Crippen LogP contribution >= 0.6 is 0 Å². The Morgan fingerprint density at radius 2 is 1.94 bits per heavy atom. The van der Waals surface area contributed by atoms with E-state index in [0.717, 1.165) is 0 Å². The van der Waals surface area contributed by atoms with Crippen molar-refractivity contribution in [2.75, 3.05) is 24.3 Å². The highest BCUT2D eigenvalue weighted by atomic mass is 16.5. The molecule has 0 unspecified atom stereocenters. The third-order valence-electron chi connectivity index (χ3n) is 2.29. The SMILES string of the molecule is Cc1oncc1C(=O)Nc1cnc(N(C)C)nc1. The van der Waals surface area contributed by atoms with Crippen molar-refractivity contribution in [1.29, 1.82) is 0 Å². The van der Waals surface area contributed by atoms with E-state index < -0.39 is 0 Å².